The van der Waals surface area contributed by atoms with E-state index in [0.717, 1.165) is 18.4 Å². The molecule has 2 rings (SSSR count). The molecule has 0 aliphatic heterocycles. The number of anilines is 1. The van der Waals surface area contributed by atoms with Gasteiger partial charge in [0.15, 0.2) is 0 Å². The zero-order valence-electron chi connectivity index (χ0n) is 9.66. The summed E-state index contributed by atoms with van der Waals surface area (Å²) in [5.74, 6) is 0.399. The summed E-state index contributed by atoms with van der Waals surface area (Å²) in [6.45, 7) is 4.28. The molecule has 16 heavy (non-hydrogen) atoms. The number of aryl methyl sites for hydroxylation is 2. The Morgan fingerprint density at radius 1 is 1.19 bits per heavy atom. The minimum absolute atomic E-state index is 0.399. The van der Waals surface area contributed by atoms with Crippen molar-refractivity contribution < 1.29 is 4.52 Å². The number of nitrogens with two attached hydrogens (primary N) is 1. The molecule has 0 fully saturated rings. The van der Waals surface area contributed by atoms with Gasteiger partial charge in [0.25, 0.3) is 0 Å². The van der Waals surface area contributed by atoms with Crippen LogP contribution in [0.4, 0.5) is 5.88 Å². The Morgan fingerprint density at radius 3 is 2.25 bits per heavy atom. The Morgan fingerprint density at radius 2 is 1.81 bits per heavy atom. The minimum atomic E-state index is 0.399. The van der Waals surface area contributed by atoms with E-state index in [2.05, 4.69) is 37.2 Å². The molecule has 0 bridgehead atoms. The normalized spacial score (nSPS) is 10.6. The molecule has 1 aromatic heterocycles. The first-order valence-electron chi connectivity index (χ1n) is 5.59. The zero-order chi connectivity index (χ0) is 11.5. The zero-order valence-corrected chi connectivity index (χ0v) is 9.66. The lowest BCUT2D eigenvalue weighted by Crippen LogP contribution is -1.95. The van der Waals surface area contributed by atoms with Gasteiger partial charge in [0.05, 0.1) is 11.8 Å². The first-order chi connectivity index (χ1) is 7.77. The predicted octanol–water partition coefficient (Wildman–Crippen LogP) is 3.05. The minimum Gasteiger partial charge on any atom is -0.367 e. The molecule has 0 aliphatic rings. The lowest BCUT2D eigenvalue weighted by atomic mass is 9.93. The van der Waals surface area contributed by atoms with Crippen LogP contribution < -0.4 is 5.73 Å². The van der Waals surface area contributed by atoms with Crippen LogP contribution in [0.3, 0.4) is 0 Å². The van der Waals surface area contributed by atoms with E-state index >= 15 is 0 Å². The first kappa shape index (κ1) is 10.7. The fraction of sp³-hybridized carbons (Fsp3) is 0.308. The second-order valence-electron chi connectivity index (χ2n) is 3.76. The van der Waals surface area contributed by atoms with Crippen LogP contribution >= 0.6 is 0 Å². The third kappa shape index (κ3) is 1.69. The van der Waals surface area contributed by atoms with E-state index in [4.69, 9.17) is 10.3 Å². The van der Waals surface area contributed by atoms with E-state index < -0.39 is 0 Å². The van der Waals surface area contributed by atoms with Crippen molar-refractivity contribution in [2.45, 2.75) is 26.7 Å². The summed E-state index contributed by atoms with van der Waals surface area (Å²) in [4.78, 5) is 0. The van der Waals surface area contributed by atoms with Gasteiger partial charge in [0.1, 0.15) is 0 Å². The number of hydrogen-bond acceptors (Lipinski definition) is 3. The Labute approximate surface area is 95.3 Å². The summed E-state index contributed by atoms with van der Waals surface area (Å²) in [6.07, 6.45) is 3.66. The van der Waals surface area contributed by atoms with E-state index in [1.54, 1.807) is 6.20 Å². The molecule has 3 heteroatoms. The van der Waals surface area contributed by atoms with Crippen LogP contribution in [0.2, 0.25) is 0 Å². The molecule has 3 nitrogen and oxygen atoms in total. The number of nitrogen functional groups attached to an aromatic ring is 1. The molecule has 2 aromatic rings. The Kier molecular flexibility index (Phi) is 2.95. The molecule has 2 N–H and O–H groups in total. The van der Waals surface area contributed by atoms with Gasteiger partial charge in [0.2, 0.25) is 5.88 Å². The molecule has 0 amide bonds. The summed E-state index contributed by atoms with van der Waals surface area (Å²) in [6, 6.07) is 6.34. The average Bonchev–Trinajstić information content (AvgIpc) is 2.74. The van der Waals surface area contributed by atoms with Crippen LogP contribution in [-0.2, 0) is 12.8 Å². The Balaban J connectivity index is 2.66. The van der Waals surface area contributed by atoms with E-state index in [1.165, 1.54) is 16.7 Å². The molecule has 1 heterocycles. The molecule has 0 spiro atoms. The highest BCUT2D eigenvalue weighted by atomic mass is 16.5. The summed E-state index contributed by atoms with van der Waals surface area (Å²) in [7, 11) is 0. The molecule has 0 saturated heterocycles. The lowest BCUT2D eigenvalue weighted by molar-refractivity contribution is 0.436. The standard InChI is InChI=1S/C13H16N2O/c1-3-9-6-5-7-10(4-2)12(9)11-8-15-16-13(11)14/h5-8H,3-4,14H2,1-2H3. The van der Waals surface area contributed by atoms with Gasteiger partial charge in [-0.3, -0.25) is 0 Å². The van der Waals surface area contributed by atoms with E-state index in [1.807, 2.05) is 0 Å². The largest absolute Gasteiger partial charge is 0.367 e. The molecule has 0 radical (unpaired) electrons. The van der Waals surface area contributed by atoms with Gasteiger partial charge in [-0.15, -0.1) is 0 Å². The molecule has 1 aromatic carbocycles. The summed E-state index contributed by atoms with van der Waals surface area (Å²) in [5, 5.41) is 3.75. The predicted molar refractivity (Wildman–Crippen MR) is 65.1 cm³/mol. The highest BCUT2D eigenvalue weighted by Gasteiger charge is 2.14. The second kappa shape index (κ2) is 4.39. The third-order valence-electron chi connectivity index (χ3n) is 2.87. The van der Waals surface area contributed by atoms with Crippen LogP contribution in [-0.4, -0.2) is 5.16 Å². The highest BCUT2D eigenvalue weighted by Crippen LogP contribution is 2.32. The average molecular weight is 216 g/mol. The van der Waals surface area contributed by atoms with Gasteiger partial charge in [-0.05, 0) is 29.5 Å². The summed E-state index contributed by atoms with van der Waals surface area (Å²) >= 11 is 0. The molecular formula is C13H16N2O. The number of hydrogen-bond donors (Lipinski definition) is 1. The third-order valence-corrected chi connectivity index (χ3v) is 2.87. The topological polar surface area (TPSA) is 52.0 Å². The van der Waals surface area contributed by atoms with E-state index in [0.29, 0.717) is 5.88 Å². The van der Waals surface area contributed by atoms with Crippen LogP contribution in [0.1, 0.15) is 25.0 Å². The van der Waals surface area contributed by atoms with E-state index in [9.17, 15) is 0 Å². The lowest BCUT2D eigenvalue weighted by Gasteiger charge is -2.11. The maximum Gasteiger partial charge on any atom is 0.229 e. The van der Waals surface area contributed by atoms with Crippen molar-refractivity contribution in [2.24, 2.45) is 0 Å². The summed E-state index contributed by atoms with van der Waals surface area (Å²) in [5.41, 5.74) is 10.5. The molecule has 0 aliphatic carbocycles. The van der Waals surface area contributed by atoms with Gasteiger partial charge < -0.3 is 10.3 Å². The van der Waals surface area contributed by atoms with Crippen molar-refractivity contribution in [1.82, 2.24) is 5.16 Å². The quantitative estimate of drug-likeness (QED) is 0.857. The highest BCUT2D eigenvalue weighted by molar-refractivity contribution is 5.77. The Bertz CT molecular complexity index is 466. The van der Waals surface area contributed by atoms with Gasteiger partial charge >= 0.3 is 0 Å². The van der Waals surface area contributed by atoms with Crippen LogP contribution in [0.5, 0.6) is 0 Å². The van der Waals surface area contributed by atoms with Crippen molar-refractivity contribution in [1.29, 1.82) is 0 Å². The fourth-order valence-corrected chi connectivity index (χ4v) is 2.02. The van der Waals surface area contributed by atoms with Gasteiger partial charge in [0, 0.05) is 0 Å². The van der Waals surface area contributed by atoms with E-state index in [-0.39, 0.29) is 0 Å². The number of benzene rings is 1. The second-order valence-corrected chi connectivity index (χ2v) is 3.76. The Hall–Kier alpha value is -1.77. The van der Waals surface area contributed by atoms with Crippen LogP contribution in [0, 0.1) is 0 Å². The molecular weight excluding hydrogens is 200 g/mol. The SMILES string of the molecule is CCc1cccc(CC)c1-c1cnoc1N. The van der Waals surface area contributed by atoms with Gasteiger partial charge in [-0.2, -0.15) is 0 Å². The summed E-state index contributed by atoms with van der Waals surface area (Å²) < 4.78 is 4.95. The first-order valence-corrected chi connectivity index (χ1v) is 5.59. The van der Waals surface area contributed by atoms with Crippen LogP contribution in [0.25, 0.3) is 11.1 Å². The number of rotatable bonds is 3. The van der Waals surface area contributed by atoms with Crippen molar-refractivity contribution in [3.05, 3.63) is 35.5 Å². The van der Waals surface area contributed by atoms with Crippen molar-refractivity contribution in [3.63, 3.8) is 0 Å². The van der Waals surface area contributed by atoms with Gasteiger partial charge in [-0.25, -0.2) is 0 Å². The molecule has 0 saturated carbocycles. The molecule has 0 atom stereocenters. The van der Waals surface area contributed by atoms with Crippen molar-refractivity contribution in [2.75, 3.05) is 5.73 Å². The van der Waals surface area contributed by atoms with Crippen molar-refractivity contribution in [3.8, 4) is 11.1 Å². The van der Waals surface area contributed by atoms with Crippen molar-refractivity contribution >= 4 is 5.88 Å². The number of aromatic nitrogens is 1. The smallest absolute Gasteiger partial charge is 0.229 e. The maximum atomic E-state index is 5.79. The number of nitrogens with zero attached hydrogens (tertiary/aromatic N) is 1. The fourth-order valence-electron chi connectivity index (χ4n) is 2.02. The molecule has 84 valence electrons. The maximum absolute atomic E-state index is 5.79. The van der Waals surface area contributed by atoms with Gasteiger partial charge in [-0.1, -0.05) is 37.2 Å². The monoisotopic (exact) mass is 216 g/mol. The van der Waals surface area contributed by atoms with Crippen LogP contribution in [0.15, 0.2) is 28.9 Å². The molecule has 0 unspecified atom stereocenters.